The molecule has 0 amide bonds. The maximum Gasteiger partial charge on any atom is 0.338 e. The quantitative estimate of drug-likeness (QED) is 0.769. The van der Waals surface area contributed by atoms with Gasteiger partial charge in [0.25, 0.3) is 0 Å². The largest absolute Gasteiger partial charge is 0.465 e. The molecule has 1 aromatic rings. The second-order valence-corrected chi connectivity index (χ2v) is 5.61. The smallest absolute Gasteiger partial charge is 0.338 e. The highest BCUT2D eigenvalue weighted by Gasteiger charge is 2.29. The van der Waals surface area contributed by atoms with Crippen molar-refractivity contribution in [3.8, 4) is 0 Å². The molecule has 104 valence electrons. The Morgan fingerprint density at radius 2 is 2.16 bits per heavy atom. The van der Waals surface area contributed by atoms with Crippen molar-refractivity contribution >= 4 is 11.8 Å². The van der Waals surface area contributed by atoms with E-state index in [4.69, 9.17) is 4.74 Å². The molecular formula is C15H22N2O2. The van der Waals surface area contributed by atoms with Crippen LogP contribution in [0.5, 0.6) is 0 Å². The molecule has 1 aliphatic heterocycles. The number of carbonyl (C=O) groups excluding carboxylic acids is 1. The minimum atomic E-state index is -0.311. The SMILES string of the molecule is COC(=O)c1ccnc(N2CC(C)CC(C)C2C)c1. The van der Waals surface area contributed by atoms with Crippen LogP contribution in [-0.2, 0) is 4.74 Å². The van der Waals surface area contributed by atoms with Gasteiger partial charge >= 0.3 is 5.97 Å². The molecule has 19 heavy (non-hydrogen) atoms. The predicted molar refractivity (Wildman–Crippen MR) is 75.3 cm³/mol. The van der Waals surface area contributed by atoms with E-state index in [0.29, 0.717) is 23.4 Å². The van der Waals surface area contributed by atoms with Crippen LogP contribution in [0.15, 0.2) is 18.3 Å². The van der Waals surface area contributed by atoms with Gasteiger partial charge < -0.3 is 9.64 Å². The summed E-state index contributed by atoms with van der Waals surface area (Å²) in [5.74, 6) is 1.84. The van der Waals surface area contributed by atoms with Crippen molar-refractivity contribution in [3.05, 3.63) is 23.9 Å². The molecule has 3 atom stereocenters. The number of hydrogen-bond acceptors (Lipinski definition) is 4. The first-order chi connectivity index (χ1) is 9.02. The molecule has 0 bridgehead atoms. The number of anilines is 1. The van der Waals surface area contributed by atoms with Gasteiger partial charge in [-0.25, -0.2) is 9.78 Å². The molecule has 2 rings (SSSR count). The zero-order chi connectivity index (χ0) is 14.0. The Morgan fingerprint density at radius 3 is 2.84 bits per heavy atom. The number of aromatic nitrogens is 1. The van der Waals surface area contributed by atoms with Crippen molar-refractivity contribution in [2.24, 2.45) is 11.8 Å². The van der Waals surface area contributed by atoms with Crippen molar-refractivity contribution in [3.63, 3.8) is 0 Å². The van der Waals surface area contributed by atoms with Gasteiger partial charge in [-0.15, -0.1) is 0 Å². The van der Waals surface area contributed by atoms with E-state index >= 15 is 0 Å². The lowest BCUT2D eigenvalue weighted by molar-refractivity contribution is 0.0600. The van der Waals surface area contributed by atoms with Gasteiger partial charge in [0.1, 0.15) is 5.82 Å². The standard InChI is InChI=1S/C15H22N2O2/c1-10-7-11(2)12(3)17(9-10)14-8-13(5-6-16-14)15(18)19-4/h5-6,8,10-12H,7,9H2,1-4H3. The summed E-state index contributed by atoms with van der Waals surface area (Å²) in [7, 11) is 1.40. The average molecular weight is 262 g/mol. The van der Waals surface area contributed by atoms with Gasteiger partial charge in [-0.1, -0.05) is 13.8 Å². The number of pyridine rings is 1. The maximum absolute atomic E-state index is 11.6. The highest BCUT2D eigenvalue weighted by atomic mass is 16.5. The van der Waals surface area contributed by atoms with E-state index in [1.807, 2.05) is 6.07 Å². The summed E-state index contributed by atoms with van der Waals surface area (Å²) in [6, 6.07) is 3.96. The van der Waals surface area contributed by atoms with E-state index in [0.717, 1.165) is 12.4 Å². The summed E-state index contributed by atoms with van der Waals surface area (Å²) in [6.45, 7) is 7.75. The van der Waals surface area contributed by atoms with Gasteiger partial charge in [-0.3, -0.25) is 0 Å². The minimum Gasteiger partial charge on any atom is -0.465 e. The van der Waals surface area contributed by atoms with Crippen LogP contribution in [0.4, 0.5) is 5.82 Å². The average Bonchev–Trinajstić information content (AvgIpc) is 2.42. The number of nitrogens with zero attached hydrogens (tertiary/aromatic N) is 2. The molecule has 0 spiro atoms. The zero-order valence-corrected chi connectivity index (χ0v) is 12.1. The Bertz CT molecular complexity index is 461. The lowest BCUT2D eigenvalue weighted by Gasteiger charge is -2.42. The molecule has 3 unspecified atom stereocenters. The minimum absolute atomic E-state index is 0.311. The molecule has 0 aliphatic carbocycles. The molecule has 1 aromatic heterocycles. The van der Waals surface area contributed by atoms with Gasteiger partial charge in [-0.05, 0) is 37.3 Å². The maximum atomic E-state index is 11.6. The van der Waals surface area contributed by atoms with Gasteiger partial charge in [0.2, 0.25) is 0 Å². The van der Waals surface area contributed by atoms with Gasteiger partial charge in [0.05, 0.1) is 12.7 Å². The fourth-order valence-corrected chi connectivity index (χ4v) is 2.84. The highest BCUT2D eigenvalue weighted by Crippen LogP contribution is 2.30. The Kier molecular flexibility index (Phi) is 4.08. The van der Waals surface area contributed by atoms with E-state index < -0.39 is 0 Å². The van der Waals surface area contributed by atoms with Crippen molar-refractivity contribution in [1.29, 1.82) is 0 Å². The van der Waals surface area contributed by atoms with Gasteiger partial charge in [0, 0.05) is 18.8 Å². The van der Waals surface area contributed by atoms with Gasteiger partial charge in [0.15, 0.2) is 0 Å². The van der Waals surface area contributed by atoms with Crippen LogP contribution >= 0.6 is 0 Å². The molecule has 0 radical (unpaired) electrons. The molecule has 2 heterocycles. The fourth-order valence-electron chi connectivity index (χ4n) is 2.84. The number of methoxy groups -OCH3 is 1. The van der Waals surface area contributed by atoms with Crippen molar-refractivity contribution < 1.29 is 9.53 Å². The van der Waals surface area contributed by atoms with Crippen LogP contribution in [0.1, 0.15) is 37.6 Å². The summed E-state index contributed by atoms with van der Waals surface area (Å²) in [5, 5.41) is 0. The van der Waals surface area contributed by atoms with Crippen LogP contribution in [-0.4, -0.2) is 30.6 Å². The summed E-state index contributed by atoms with van der Waals surface area (Å²) in [4.78, 5) is 18.3. The summed E-state index contributed by atoms with van der Waals surface area (Å²) in [5.41, 5.74) is 0.561. The molecule has 0 N–H and O–H groups in total. The van der Waals surface area contributed by atoms with E-state index in [-0.39, 0.29) is 5.97 Å². The van der Waals surface area contributed by atoms with E-state index in [1.54, 1.807) is 12.3 Å². The van der Waals surface area contributed by atoms with E-state index in [2.05, 4.69) is 30.7 Å². The second-order valence-electron chi connectivity index (χ2n) is 5.61. The molecule has 1 saturated heterocycles. The predicted octanol–water partition coefficient (Wildman–Crippen LogP) is 2.74. The van der Waals surface area contributed by atoms with Crippen molar-refractivity contribution in [2.45, 2.75) is 33.2 Å². The third-order valence-electron chi connectivity index (χ3n) is 4.06. The van der Waals surface area contributed by atoms with Crippen LogP contribution in [0.25, 0.3) is 0 Å². The molecule has 1 fully saturated rings. The topological polar surface area (TPSA) is 42.4 Å². The van der Waals surface area contributed by atoms with Crippen LogP contribution < -0.4 is 4.90 Å². The molecule has 4 nitrogen and oxygen atoms in total. The van der Waals surface area contributed by atoms with E-state index in [9.17, 15) is 4.79 Å². The lowest BCUT2D eigenvalue weighted by atomic mass is 9.86. The monoisotopic (exact) mass is 262 g/mol. The normalized spacial score (nSPS) is 27.2. The third kappa shape index (κ3) is 2.88. The first-order valence-electron chi connectivity index (χ1n) is 6.84. The molecular weight excluding hydrogens is 240 g/mol. The van der Waals surface area contributed by atoms with Crippen LogP contribution in [0, 0.1) is 11.8 Å². The zero-order valence-electron chi connectivity index (χ0n) is 12.1. The number of rotatable bonds is 2. The van der Waals surface area contributed by atoms with Crippen LogP contribution in [0.2, 0.25) is 0 Å². The molecule has 4 heteroatoms. The molecule has 0 aromatic carbocycles. The second kappa shape index (κ2) is 5.59. The van der Waals surface area contributed by atoms with Crippen molar-refractivity contribution in [2.75, 3.05) is 18.6 Å². The number of ether oxygens (including phenoxy) is 1. The van der Waals surface area contributed by atoms with Gasteiger partial charge in [-0.2, -0.15) is 0 Å². The Balaban J connectivity index is 2.27. The number of esters is 1. The Hall–Kier alpha value is -1.58. The summed E-state index contributed by atoms with van der Waals surface area (Å²) in [6.07, 6.45) is 2.92. The summed E-state index contributed by atoms with van der Waals surface area (Å²) >= 11 is 0. The Labute approximate surface area is 114 Å². The molecule has 0 saturated carbocycles. The Morgan fingerprint density at radius 1 is 1.42 bits per heavy atom. The molecule has 1 aliphatic rings. The first-order valence-corrected chi connectivity index (χ1v) is 6.84. The van der Waals surface area contributed by atoms with Crippen LogP contribution in [0.3, 0.4) is 0 Å². The number of piperidine rings is 1. The fraction of sp³-hybridized carbons (Fsp3) is 0.600. The van der Waals surface area contributed by atoms with Crippen molar-refractivity contribution in [1.82, 2.24) is 4.98 Å². The first kappa shape index (κ1) is 13.8. The number of carbonyl (C=O) groups is 1. The third-order valence-corrected chi connectivity index (χ3v) is 4.06. The summed E-state index contributed by atoms with van der Waals surface area (Å²) < 4.78 is 4.76. The lowest BCUT2D eigenvalue weighted by Crippen LogP contribution is -2.46. The van der Waals surface area contributed by atoms with E-state index in [1.165, 1.54) is 13.5 Å². The highest BCUT2D eigenvalue weighted by molar-refractivity contribution is 5.90. The number of hydrogen-bond donors (Lipinski definition) is 0.